The molecule has 0 aromatic heterocycles. The van der Waals surface area contributed by atoms with Crippen LogP contribution in [0.4, 0.5) is 5.69 Å². The average molecular weight is 281 g/mol. The Hall–Kier alpha value is -2.29. The SMILES string of the molecule is CC1(C)CN(c2ccc(OCc3ccccc3)cc2)C1=O. The fourth-order valence-electron chi connectivity index (χ4n) is 2.48. The Morgan fingerprint density at radius 1 is 1.05 bits per heavy atom. The zero-order valence-corrected chi connectivity index (χ0v) is 12.4. The summed E-state index contributed by atoms with van der Waals surface area (Å²) in [5, 5.41) is 0. The van der Waals surface area contributed by atoms with Gasteiger partial charge in [-0.05, 0) is 43.7 Å². The number of hydrogen-bond acceptors (Lipinski definition) is 2. The summed E-state index contributed by atoms with van der Waals surface area (Å²) in [6.07, 6.45) is 0. The molecule has 1 aliphatic rings. The van der Waals surface area contributed by atoms with Crippen LogP contribution < -0.4 is 9.64 Å². The molecule has 0 radical (unpaired) electrons. The van der Waals surface area contributed by atoms with Gasteiger partial charge in [0.25, 0.3) is 0 Å². The number of amides is 1. The molecule has 3 nitrogen and oxygen atoms in total. The Kier molecular flexibility index (Phi) is 3.42. The second-order valence-electron chi connectivity index (χ2n) is 6.04. The molecule has 108 valence electrons. The summed E-state index contributed by atoms with van der Waals surface area (Å²) < 4.78 is 5.74. The van der Waals surface area contributed by atoms with Crippen LogP contribution in [0.2, 0.25) is 0 Å². The Labute approximate surface area is 125 Å². The molecule has 3 rings (SSSR count). The molecule has 1 fully saturated rings. The van der Waals surface area contributed by atoms with Crippen LogP contribution >= 0.6 is 0 Å². The number of carbonyl (C=O) groups excluding carboxylic acids is 1. The number of carbonyl (C=O) groups is 1. The summed E-state index contributed by atoms with van der Waals surface area (Å²) in [4.78, 5) is 13.8. The van der Waals surface area contributed by atoms with E-state index in [0.29, 0.717) is 6.61 Å². The maximum absolute atomic E-state index is 12.0. The van der Waals surface area contributed by atoms with E-state index in [1.807, 2.05) is 68.4 Å². The zero-order chi connectivity index (χ0) is 14.9. The summed E-state index contributed by atoms with van der Waals surface area (Å²) in [5.41, 5.74) is 1.86. The third kappa shape index (κ3) is 2.77. The van der Waals surface area contributed by atoms with E-state index in [-0.39, 0.29) is 11.3 Å². The standard InChI is InChI=1S/C18H19NO2/c1-18(2)13-19(17(18)20)15-8-10-16(11-9-15)21-12-14-6-4-3-5-7-14/h3-11H,12-13H2,1-2H3. The van der Waals surface area contributed by atoms with E-state index in [4.69, 9.17) is 4.74 Å². The largest absolute Gasteiger partial charge is 0.489 e. The summed E-state index contributed by atoms with van der Waals surface area (Å²) in [7, 11) is 0. The van der Waals surface area contributed by atoms with Crippen LogP contribution in [0.25, 0.3) is 0 Å². The van der Waals surface area contributed by atoms with Crippen molar-refractivity contribution in [2.24, 2.45) is 5.41 Å². The highest BCUT2D eigenvalue weighted by atomic mass is 16.5. The number of anilines is 1. The van der Waals surface area contributed by atoms with Gasteiger partial charge in [-0.3, -0.25) is 4.79 Å². The molecular weight excluding hydrogens is 262 g/mol. The van der Waals surface area contributed by atoms with E-state index in [9.17, 15) is 4.79 Å². The van der Waals surface area contributed by atoms with Crippen LogP contribution in [0.3, 0.4) is 0 Å². The number of ether oxygens (including phenoxy) is 1. The highest BCUT2D eigenvalue weighted by Crippen LogP contribution is 2.35. The number of β-lactam (4-membered cyclic amide) rings is 1. The van der Waals surface area contributed by atoms with Crippen molar-refractivity contribution < 1.29 is 9.53 Å². The quantitative estimate of drug-likeness (QED) is 0.801. The zero-order valence-electron chi connectivity index (χ0n) is 12.4. The van der Waals surface area contributed by atoms with Crippen LogP contribution in [0.15, 0.2) is 54.6 Å². The normalized spacial score (nSPS) is 16.5. The van der Waals surface area contributed by atoms with Gasteiger partial charge in [0.1, 0.15) is 12.4 Å². The van der Waals surface area contributed by atoms with E-state index in [1.54, 1.807) is 4.90 Å². The van der Waals surface area contributed by atoms with Crippen LogP contribution in [0.1, 0.15) is 19.4 Å². The molecule has 0 atom stereocenters. The number of benzene rings is 2. The molecule has 1 aliphatic heterocycles. The molecule has 0 unspecified atom stereocenters. The van der Waals surface area contributed by atoms with E-state index >= 15 is 0 Å². The molecule has 1 saturated heterocycles. The number of rotatable bonds is 4. The predicted octanol–water partition coefficient (Wildman–Crippen LogP) is 3.64. The van der Waals surface area contributed by atoms with Crippen molar-refractivity contribution >= 4 is 11.6 Å². The first-order valence-electron chi connectivity index (χ1n) is 7.15. The maximum atomic E-state index is 12.0. The molecule has 0 aliphatic carbocycles. The first kappa shape index (κ1) is 13.7. The smallest absolute Gasteiger partial charge is 0.234 e. The fourth-order valence-corrected chi connectivity index (χ4v) is 2.48. The van der Waals surface area contributed by atoms with Gasteiger partial charge in [0.05, 0.1) is 5.41 Å². The van der Waals surface area contributed by atoms with Crippen LogP contribution in [0.5, 0.6) is 5.75 Å². The van der Waals surface area contributed by atoms with Gasteiger partial charge >= 0.3 is 0 Å². The predicted molar refractivity (Wildman–Crippen MR) is 83.4 cm³/mol. The van der Waals surface area contributed by atoms with E-state index in [2.05, 4.69) is 0 Å². The van der Waals surface area contributed by atoms with Crippen LogP contribution in [-0.2, 0) is 11.4 Å². The summed E-state index contributed by atoms with van der Waals surface area (Å²) >= 11 is 0. The highest BCUT2D eigenvalue weighted by Gasteiger charge is 2.44. The lowest BCUT2D eigenvalue weighted by molar-refractivity contribution is -0.132. The van der Waals surface area contributed by atoms with Gasteiger partial charge < -0.3 is 9.64 Å². The van der Waals surface area contributed by atoms with E-state index in [0.717, 1.165) is 23.5 Å². The summed E-state index contributed by atoms with van der Waals surface area (Å²) in [6, 6.07) is 17.8. The Morgan fingerprint density at radius 3 is 2.29 bits per heavy atom. The fraction of sp³-hybridized carbons (Fsp3) is 0.278. The molecule has 2 aromatic carbocycles. The molecule has 1 amide bonds. The highest BCUT2D eigenvalue weighted by molar-refractivity contribution is 6.03. The molecule has 0 saturated carbocycles. The lowest BCUT2D eigenvalue weighted by Gasteiger charge is -2.44. The van der Waals surface area contributed by atoms with Crippen molar-refractivity contribution in [1.29, 1.82) is 0 Å². The minimum atomic E-state index is -0.220. The van der Waals surface area contributed by atoms with Gasteiger partial charge in [-0.1, -0.05) is 30.3 Å². The van der Waals surface area contributed by atoms with Crippen molar-refractivity contribution in [3.8, 4) is 5.75 Å². The topological polar surface area (TPSA) is 29.5 Å². The molecule has 0 bridgehead atoms. The van der Waals surface area contributed by atoms with Gasteiger partial charge in [0, 0.05) is 12.2 Å². The van der Waals surface area contributed by atoms with Crippen molar-refractivity contribution in [2.45, 2.75) is 20.5 Å². The third-order valence-electron chi connectivity index (χ3n) is 3.77. The molecule has 0 N–H and O–H groups in total. The van der Waals surface area contributed by atoms with Gasteiger partial charge in [-0.25, -0.2) is 0 Å². The Morgan fingerprint density at radius 2 is 1.71 bits per heavy atom. The first-order chi connectivity index (χ1) is 10.1. The third-order valence-corrected chi connectivity index (χ3v) is 3.77. The summed E-state index contributed by atoms with van der Waals surface area (Å²) in [6.45, 7) is 5.28. The van der Waals surface area contributed by atoms with Crippen molar-refractivity contribution in [3.63, 3.8) is 0 Å². The minimum absolute atomic E-state index is 0.181. The second kappa shape index (κ2) is 5.24. The molecule has 0 spiro atoms. The Bertz CT molecular complexity index is 632. The van der Waals surface area contributed by atoms with Crippen molar-refractivity contribution in [3.05, 3.63) is 60.2 Å². The molecule has 3 heteroatoms. The molecule has 2 aromatic rings. The van der Waals surface area contributed by atoms with E-state index < -0.39 is 0 Å². The van der Waals surface area contributed by atoms with E-state index in [1.165, 1.54) is 0 Å². The van der Waals surface area contributed by atoms with Gasteiger partial charge in [0.15, 0.2) is 0 Å². The maximum Gasteiger partial charge on any atom is 0.234 e. The number of hydrogen-bond donors (Lipinski definition) is 0. The lowest BCUT2D eigenvalue weighted by atomic mass is 9.83. The number of nitrogens with zero attached hydrogens (tertiary/aromatic N) is 1. The van der Waals surface area contributed by atoms with Crippen molar-refractivity contribution in [1.82, 2.24) is 0 Å². The Balaban J connectivity index is 1.61. The van der Waals surface area contributed by atoms with Gasteiger partial charge in [-0.15, -0.1) is 0 Å². The summed E-state index contributed by atoms with van der Waals surface area (Å²) in [5.74, 6) is 0.996. The monoisotopic (exact) mass is 281 g/mol. The lowest BCUT2D eigenvalue weighted by Crippen LogP contribution is -2.58. The van der Waals surface area contributed by atoms with Gasteiger partial charge in [0.2, 0.25) is 5.91 Å². The first-order valence-corrected chi connectivity index (χ1v) is 7.15. The molecule has 21 heavy (non-hydrogen) atoms. The average Bonchev–Trinajstić information content (AvgIpc) is 2.52. The van der Waals surface area contributed by atoms with Gasteiger partial charge in [-0.2, -0.15) is 0 Å². The van der Waals surface area contributed by atoms with Crippen LogP contribution in [-0.4, -0.2) is 12.5 Å². The molecule has 1 heterocycles. The van der Waals surface area contributed by atoms with Crippen molar-refractivity contribution in [2.75, 3.05) is 11.4 Å². The minimum Gasteiger partial charge on any atom is -0.489 e. The molecular formula is C18H19NO2. The van der Waals surface area contributed by atoms with Crippen LogP contribution in [0, 0.1) is 5.41 Å². The second-order valence-corrected chi connectivity index (χ2v) is 6.04.